The molecule has 4 heterocycles. The highest BCUT2D eigenvalue weighted by molar-refractivity contribution is 6.02. The Morgan fingerprint density at radius 3 is 2.56 bits per heavy atom. The first kappa shape index (κ1) is 23.7. The zero-order valence-corrected chi connectivity index (χ0v) is 20.8. The Bertz CT molecular complexity index is 1060. The lowest BCUT2D eigenvalue weighted by atomic mass is 9.74. The second kappa shape index (κ2) is 9.30. The van der Waals surface area contributed by atoms with Gasteiger partial charge in [0, 0.05) is 24.9 Å². The molecule has 2 bridgehead atoms. The molecule has 3 amide bonds. The maximum absolute atomic E-state index is 14.0. The van der Waals surface area contributed by atoms with E-state index in [2.05, 4.69) is 10.6 Å². The van der Waals surface area contributed by atoms with Gasteiger partial charge in [-0.05, 0) is 44.7 Å². The van der Waals surface area contributed by atoms with Crippen LogP contribution in [0.5, 0.6) is 0 Å². The molecular formula is C28H35N3O5. The molecule has 0 radical (unpaired) electrons. The lowest BCUT2D eigenvalue weighted by Gasteiger charge is -2.34. The van der Waals surface area contributed by atoms with E-state index in [1.165, 1.54) is 6.42 Å². The standard InChI is InChI=1S/C28H35N3O5/c1-17-9-11-19(12-10-17)29-25(32)22-21-13-14-28(36-21)23(22)27(34)31(16-20-8-5-15-35-20)24(28)26(33)30-18-6-3-2-4-7-18/h9-14,18,20-24H,2-8,15-16H2,1H3,(H,29,32)(H,30,33)/t20-,21+,22-,23+,24-,28+/m0/s1. The van der Waals surface area contributed by atoms with Crippen molar-refractivity contribution in [3.05, 3.63) is 42.0 Å². The highest BCUT2D eigenvalue weighted by Crippen LogP contribution is 2.55. The van der Waals surface area contributed by atoms with Crippen molar-refractivity contribution in [3.63, 3.8) is 0 Å². The third kappa shape index (κ3) is 3.95. The fraction of sp³-hybridized carbons (Fsp3) is 0.607. The molecule has 4 aliphatic heterocycles. The molecule has 0 unspecified atom stereocenters. The number of hydrogen-bond acceptors (Lipinski definition) is 5. The van der Waals surface area contributed by atoms with E-state index in [0.717, 1.165) is 44.1 Å². The molecule has 3 saturated heterocycles. The van der Waals surface area contributed by atoms with Crippen LogP contribution in [0.15, 0.2) is 36.4 Å². The quantitative estimate of drug-likeness (QED) is 0.594. The zero-order valence-electron chi connectivity index (χ0n) is 20.8. The summed E-state index contributed by atoms with van der Waals surface area (Å²) in [4.78, 5) is 42.9. The van der Waals surface area contributed by atoms with Gasteiger partial charge in [0.1, 0.15) is 11.6 Å². The van der Waals surface area contributed by atoms with Crippen LogP contribution in [0.2, 0.25) is 0 Å². The molecule has 1 aromatic carbocycles. The van der Waals surface area contributed by atoms with E-state index >= 15 is 0 Å². The third-order valence-corrected chi connectivity index (χ3v) is 8.62. The third-order valence-electron chi connectivity index (χ3n) is 8.62. The van der Waals surface area contributed by atoms with Crippen molar-refractivity contribution in [2.75, 3.05) is 18.5 Å². The molecule has 1 spiro atoms. The minimum Gasteiger partial charge on any atom is -0.376 e. The topological polar surface area (TPSA) is 97.0 Å². The summed E-state index contributed by atoms with van der Waals surface area (Å²) >= 11 is 0. The molecule has 192 valence electrons. The molecule has 5 aliphatic rings. The first-order valence-electron chi connectivity index (χ1n) is 13.4. The second-order valence-corrected chi connectivity index (χ2v) is 11.0. The molecular weight excluding hydrogens is 458 g/mol. The number of hydrogen-bond donors (Lipinski definition) is 2. The second-order valence-electron chi connectivity index (χ2n) is 11.0. The number of anilines is 1. The predicted octanol–water partition coefficient (Wildman–Crippen LogP) is 2.71. The minimum atomic E-state index is -1.13. The average Bonchev–Trinajstić information content (AvgIpc) is 3.64. The Labute approximate surface area is 211 Å². The van der Waals surface area contributed by atoms with E-state index in [1.54, 1.807) is 4.90 Å². The maximum atomic E-state index is 14.0. The Balaban J connectivity index is 1.29. The van der Waals surface area contributed by atoms with Crippen molar-refractivity contribution in [3.8, 4) is 0 Å². The number of nitrogens with one attached hydrogen (secondary N) is 2. The van der Waals surface area contributed by atoms with Gasteiger partial charge in [-0.1, -0.05) is 49.1 Å². The lowest BCUT2D eigenvalue weighted by molar-refractivity contribution is -0.143. The van der Waals surface area contributed by atoms with Crippen LogP contribution in [-0.2, 0) is 23.9 Å². The first-order valence-corrected chi connectivity index (χ1v) is 13.4. The van der Waals surface area contributed by atoms with E-state index in [4.69, 9.17) is 9.47 Å². The molecule has 0 aromatic heterocycles. The van der Waals surface area contributed by atoms with E-state index in [-0.39, 0.29) is 29.9 Å². The fourth-order valence-corrected chi connectivity index (χ4v) is 6.86. The van der Waals surface area contributed by atoms with Crippen LogP contribution in [-0.4, -0.2) is 65.7 Å². The van der Waals surface area contributed by atoms with Crippen molar-refractivity contribution in [1.29, 1.82) is 0 Å². The van der Waals surface area contributed by atoms with Gasteiger partial charge >= 0.3 is 0 Å². The van der Waals surface area contributed by atoms with Gasteiger partial charge in [-0.15, -0.1) is 0 Å². The fourth-order valence-electron chi connectivity index (χ4n) is 6.86. The summed E-state index contributed by atoms with van der Waals surface area (Å²) in [5, 5.41) is 6.20. The highest BCUT2D eigenvalue weighted by atomic mass is 16.5. The van der Waals surface area contributed by atoms with Gasteiger partial charge in [0.2, 0.25) is 17.7 Å². The summed E-state index contributed by atoms with van der Waals surface area (Å²) in [6, 6.07) is 6.89. The molecule has 2 N–H and O–H groups in total. The van der Waals surface area contributed by atoms with Crippen molar-refractivity contribution >= 4 is 23.4 Å². The number of fused-ring (bicyclic) bond motifs is 1. The molecule has 4 fully saturated rings. The normalized spacial score (nSPS) is 35.3. The number of nitrogens with zero attached hydrogens (tertiary/aromatic N) is 1. The highest BCUT2D eigenvalue weighted by Gasteiger charge is 2.73. The van der Waals surface area contributed by atoms with Gasteiger partial charge in [0.25, 0.3) is 0 Å². The Morgan fingerprint density at radius 1 is 1.06 bits per heavy atom. The van der Waals surface area contributed by atoms with Gasteiger partial charge in [-0.3, -0.25) is 14.4 Å². The number of carbonyl (C=O) groups is 3. The number of ether oxygens (including phenoxy) is 2. The van der Waals surface area contributed by atoms with Gasteiger partial charge in [0.05, 0.1) is 24.0 Å². The van der Waals surface area contributed by atoms with Crippen LogP contribution in [0.4, 0.5) is 5.69 Å². The van der Waals surface area contributed by atoms with Crippen molar-refractivity contribution in [2.45, 2.75) is 81.8 Å². The smallest absolute Gasteiger partial charge is 0.246 e. The number of benzene rings is 1. The molecule has 6 atom stereocenters. The molecule has 8 heteroatoms. The lowest BCUT2D eigenvalue weighted by Crippen LogP contribution is -2.57. The van der Waals surface area contributed by atoms with Crippen LogP contribution in [0.3, 0.4) is 0 Å². The maximum Gasteiger partial charge on any atom is 0.246 e. The van der Waals surface area contributed by atoms with Crippen LogP contribution in [0.25, 0.3) is 0 Å². The Hall–Kier alpha value is -2.71. The molecule has 1 saturated carbocycles. The van der Waals surface area contributed by atoms with Gasteiger partial charge < -0.3 is 25.0 Å². The number of rotatable bonds is 6. The molecule has 36 heavy (non-hydrogen) atoms. The predicted molar refractivity (Wildman–Crippen MR) is 133 cm³/mol. The van der Waals surface area contributed by atoms with Crippen LogP contribution >= 0.6 is 0 Å². The SMILES string of the molecule is Cc1ccc(NC(=O)[C@H]2[C@H]3C=C[C@]4(O3)[C@H](C(=O)NC3CCCCC3)N(C[C@@H]3CCCO3)C(=O)[C@@H]24)cc1. The largest absolute Gasteiger partial charge is 0.376 e. The summed E-state index contributed by atoms with van der Waals surface area (Å²) in [7, 11) is 0. The van der Waals surface area contributed by atoms with E-state index in [1.807, 2.05) is 43.3 Å². The van der Waals surface area contributed by atoms with E-state index in [0.29, 0.717) is 18.8 Å². The molecule has 1 aromatic rings. The van der Waals surface area contributed by atoms with Crippen molar-refractivity contribution in [2.24, 2.45) is 11.8 Å². The summed E-state index contributed by atoms with van der Waals surface area (Å²) in [6.07, 6.45) is 10.2. The van der Waals surface area contributed by atoms with E-state index < -0.39 is 29.6 Å². The number of aryl methyl sites for hydroxylation is 1. The van der Waals surface area contributed by atoms with Crippen LogP contribution in [0.1, 0.15) is 50.5 Å². The summed E-state index contributed by atoms with van der Waals surface area (Å²) in [5.74, 6) is -2.05. The Morgan fingerprint density at radius 2 is 1.83 bits per heavy atom. The van der Waals surface area contributed by atoms with Gasteiger partial charge in [-0.25, -0.2) is 0 Å². The summed E-state index contributed by atoms with van der Waals surface area (Å²) in [5.41, 5.74) is 0.648. The Kier molecular flexibility index (Phi) is 6.12. The zero-order chi connectivity index (χ0) is 24.9. The van der Waals surface area contributed by atoms with E-state index in [9.17, 15) is 14.4 Å². The molecule has 6 rings (SSSR count). The monoisotopic (exact) mass is 493 g/mol. The first-order chi connectivity index (χ1) is 17.5. The van der Waals surface area contributed by atoms with Crippen LogP contribution < -0.4 is 10.6 Å². The number of amides is 3. The molecule has 1 aliphatic carbocycles. The number of carbonyl (C=O) groups excluding carboxylic acids is 3. The van der Waals surface area contributed by atoms with Gasteiger partial charge in [0.15, 0.2) is 0 Å². The summed E-state index contributed by atoms with van der Waals surface area (Å²) < 4.78 is 12.3. The molecule has 8 nitrogen and oxygen atoms in total. The number of likely N-dealkylation sites (tertiary alicyclic amines) is 1. The average molecular weight is 494 g/mol. The van der Waals surface area contributed by atoms with Crippen molar-refractivity contribution < 1.29 is 23.9 Å². The van der Waals surface area contributed by atoms with Gasteiger partial charge in [-0.2, -0.15) is 0 Å². The van der Waals surface area contributed by atoms with Crippen molar-refractivity contribution in [1.82, 2.24) is 10.2 Å². The van der Waals surface area contributed by atoms with Crippen LogP contribution in [0, 0.1) is 18.8 Å². The summed E-state index contributed by atoms with van der Waals surface area (Å²) in [6.45, 7) is 3.00. The minimum absolute atomic E-state index is 0.102.